The van der Waals surface area contributed by atoms with Crippen LogP contribution < -0.4 is 0 Å². The summed E-state index contributed by atoms with van der Waals surface area (Å²) in [5.74, 6) is 0. The Morgan fingerprint density at radius 3 is 3.18 bits per heavy atom. The van der Waals surface area contributed by atoms with Crippen LogP contribution in [-0.4, -0.2) is 29.2 Å². The third-order valence-electron chi connectivity index (χ3n) is 1.20. The highest BCUT2D eigenvalue weighted by Gasteiger charge is 1.85. The molecule has 0 unspecified atom stereocenters. The van der Waals surface area contributed by atoms with Crippen LogP contribution in [0.25, 0.3) is 0 Å². The van der Waals surface area contributed by atoms with Crippen LogP contribution in [0.1, 0.15) is 0 Å². The molecule has 0 aliphatic rings. The van der Waals surface area contributed by atoms with E-state index in [0.717, 1.165) is 6.54 Å². The van der Waals surface area contributed by atoms with E-state index in [2.05, 4.69) is 21.0 Å². The molecular formula is C7H10N4. The first-order valence-corrected chi connectivity index (χ1v) is 3.39. The van der Waals surface area contributed by atoms with Gasteiger partial charge in [0.2, 0.25) is 0 Å². The Labute approximate surface area is 65.3 Å². The summed E-state index contributed by atoms with van der Waals surface area (Å²) in [6.07, 6.45) is 5.41. The van der Waals surface area contributed by atoms with Gasteiger partial charge in [-0.25, -0.2) is 15.0 Å². The number of rotatable bonds is 3. The van der Waals surface area contributed by atoms with Crippen molar-refractivity contribution in [3.8, 4) is 0 Å². The molecule has 0 N–H and O–H groups in total. The van der Waals surface area contributed by atoms with E-state index in [1.807, 2.05) is 10.8 Å². The molecule has 0 fully saturated rings. The maximum absolute atomic E-state index is 3.90. The van der Waals surface area contributed by atoms with Gasteiger partial charge in [-0.15, -0.1) is 0 Å². The largest absolute Gasteiger partial charge is 0.336 e. The standard InChI is InChI=1S/C7H10N4/c1-8-6-9-2-4-11-5-3-10-7-11/h3,5,7H,2,4H2,1H3. The fraction of sp³-hybridized carbons (Fsp3) is 0.429. The first kappa shape index (κ1) is 7.69. The summed E-state index contributed by atoms with van der Waals surface area (Å²) in [5, 5.41) is 0. The number of hydrogen-bond acceptors (Lipinski definition) is 3. The zero-order chi connectivity index (χ0) is 7.94. The third kappa shape index (κ3) is 2.78. The van der Waals surface area contributed by atoms with E-state index in [4.69, 9.17) is 0 Å². The van der Waals surface area contributed by atoms with Crippen LogP contribution in [0.3, 0.4) is 0 Å². The monoisotopic (exact) mass is 150 g/mol. The van der Waals surface area contributed by atoms with Crippen molar-refractivity contribution < 1.29 is 0 Å². The van der Waals surface area contributed by atoms with Crippen LogP contribution in [0.15, 0.2) is 28.7 Å². The van der Waals surface area contributed by atoms with Crippen molar-refractivity contribution in [1.82, 2.24) is 9.55 Å². The van der Waals surface area contributed by atoms with Gasteiger partial charge in [0.25, 0.3) is 0 Å². The summed E-state index contributed by atoms with van der Waals surface area (Å²) in [4.78, 5) is 11.4. The van der Waals surface area contributed by atoms with Crippen molar-refractivity contribution >= 4 is 6.01 Å². The average Bonchev–Trinajstić information content (AvgIpc) is 2.50. The summed E-state index contributed by atoms with van der Waals surface area (Å²) < 4.78 is 1.96. The second kappa shape index (κ2) is 4.41. The van der Waals surface area contributed by atoms with Gasteiger partial charge in [0, 0.05) is 26.0 Å². The van der Waals surface area contributed by atoms with Crippen LogP contribution in [-0.2, 0) is 6.54 Å². The minimum atomic E-state index is 0.702. The second-order valence-electron chi connectivity index (χ2n) is 2.01. The Morgan fingerprint density at radius 1 is 1.64 bits per heavy atom. The minimum Gasteiger partial charge on any atom is -0.336 e. The van der Waals surface area contributed by atoms with Crippen molar-refractivity contribution in [2.75, 3.05) is 13.6 Å². The number of aliphatic imine (C=N–C) groups is 2. The SMILES string of the molecule is CN=C=NCCn1ccnc1. The van der Waals surface area contributed by atoms with Crippen LogP contribution in [0.2, 0.25) is 0 Å². The Balaban J connectivity index is 2.29. The Hall–Kier alpha value is -1.41. The molecule has 0 saturated carbocycles. The van der Waals surface area contributed by atoms with Gasteiger partial charge in [-0.3, -0.25) is 0 Å². The van der Waals surface area contributed by atoms with Crippen molar-refractivity contribution in [3.05, 3.63) is 18.7 Å². The second-order valence-corrected chi connectivity index (χ2v) is 2.01. The first-order valence-electron chi connectivity index (χ1n) is 3.39. The molecule has 0 saturated heterocycles. The lowest BCUT2D eigenvalue weighted by Crippen LogP contribution is -1.96. The van der Waals surface area contributed by atoms with E-state index in [9.17, 15) is 0 Å². The predicted octanol–water partition coefficient (Wildman–Crippen LogP) is 0.687. The van der Waals surface area contributed by atoms with Crippen molar-refractivity contribution in [1.29, 1.82) is 0 Å². The molecule has 0 spiro atoms. The molecule has 0 aliphatic carbocycles. The highest BCUT2D eigenvalue weighted by atomic mass is 15.0. The zero-order valence-electron chi connectivity index (χ0n) is 6.44. The quantitative estimate of drug-likeness (QED) is 0.584. The summed E-state index contributed by atoms with van der Waals surface area (Å²) >= 11 is 0. The van der Waals surface area contributed by atoms with Gasteiger partial charge < -0.3 is 4.57 Å². The number of hydrogen-bond donors (Lipinski definition) is 0. The smallest absolute Gasteiger partial charge is 0.0946 e. The lowest BCUT2D eigenvalue weighted by Gasteiger charge is -1.93. The van der Waals surface area contributed by atoms with Gasteiger partial charge in [0.05, 0.1) is 18.9 Å². The summed E-state index contributed by atoms with van der Waals surface area (Å²) in [7, 11) is 1.65. The molecule has 1 aromatic heterocycles. The summed E-state index contributed by atoms with van der Waals surface area (Å²) in [6, 6.07) is 2.53. The molecule has 0 aliphatic heterocycles. The normalized spacial score (nSPS) is 8.82. The molecule has 0 atom stereocenters. The zero-order valence-corrected chi connectivity index (χ0v) is 6.44. The molecule has 0 aromatic carbocycles. The Morgan fingerprint density at radius 2 is 2.55 bits per heavy atom. The molecule has 0 bridgehead atoms. The van der Waals surface area contributed by atoms with Crippen molar-refractivity contribution in [3.63, 3.8) is 0 Å². The summed E-state index contributed by atoms with van der Waals surface area (Å²) in [6.45, 7) is 1.54. The molecule has 0 amide bonds. The van der Waals surface area contributed by atoms with Gasteiger partial charge in [-0.05, 0) is 0 Å². The molecule has 1 heterocycles. The molecule has 1 rings (SSSR count). The topological polar surface area (TPSA) is 42.5 Å². The van der Waals surface area contributed by atoms with Crippen LogP contribution in [0.5, 0.6) is 0 Å². The van der Waals surface area contributed by atoms with Crippen LogP contribution >= 0.6 is 0 Å². The first-order chi connectivity index (χ1) is 5.43. The van der Waals surface area contributed by atoms with E-state index in [0.29, 0.717) is 6.54 Å². The highest BCUT2D eigenvalue weighted by Crippen LogP contribution is 1.84. The van der Waals surface area contributed by atoms with Gasteiger partial charge >= 0.3 is 0 Å². The number of imidazole rings is 1. The van der Waals surface area contributed by atoms with Gasteiger partial charge in [0.15, 0.2) is 0 Å². The molecule has 4 heteroatoms. The number of nitrogens with zero attached hydrogens (tertiary/aromatic N) is 4. The minimum absolute atomic E-state index is 0.702. The number of aromatic nitrogens is 2. The Bertz CT molecular complexity index is 243. The maximum atomic E-state index is 3.90. The Kier molecular flexibility index (Phi) is 3.09. The van der Waals surface area contributed by atoms with E-state index in [1.54, 1.807) is 19.6 Å². The molecule has 11 heavy (non-hydrogen) atoms. The van der Waals surface area contributed by atoms with Crippen molar-refractivity contribution in [2.24, 2.45) is 9.98 Å². The van der Waals surface area contributed by atoms with E-state index >= 15 is 0 Å². The highest BCUT2D eigenvalue weighted by molar-refractivity contribution is 5.40. The molecule has 4 nitrogen and oxygen atoms in total. The van der Waals surface area contributed by atoms with Crippen molar-refractivity contribution in [2.45, 2.75) is 6.54 Å². The van der Waals surface area contributed by atoms with E-state index in [-0.39, 0.29) is 0 Å². The fourth-order valence-corrected chi connectivity index (χ4v) is 0.705. The molecule has 0 radical (unpaired) electrons. The van der Waals surface area contributed by atoms with Gasteiger partial charge in [0.1, 0.15) is 0 Å². The molecular weight excluding hydrogens is 140 g/mol. The maximum Gasteiger partial charge on any atom is 0.0946 e. The van der Waals surface area contributed by atoms with Crippen LogP contribution in [0.4, 0.5) is 0 Å². The molecule has 1 aromatic rings. The van der Waals surface area contributed by atoms with E-state index in [1.165, 1.54) is 0 Å². The average molecular weight is 150 g/mol. The lowest BCUT2D eigenvalue weighted by molar-refractivity contribution is 0.710. The van der Waals surface area contributed by atoms with Crippen LogP contribution in [0, 0.1) is 0 Å². The predicted molar refractivity (Wildman–Crippen MR) is 42.9 cm³/mol. The lowest BCUT2D eigenvalue weighted by atomic mass is 10.6. The van der Waals surface area contributed by atoms with E-state index < -0.39 is 0 Å². The van der Waals surface area contributed by atoms with Gasteiger partial charge in [-0.2, -0.15) is 0 Å². The molecule has 58 valence electrons. The summed E-state index contributed by atoms with van der Waals surface area (Å²) in [5.41, 5.74) is 0. The third-order valence-corrected chi connectivity index (χ3v) is 1.20. The van der Waals surface area contributed by atoms with Gasteiger partial charge in [-0.1, -0.05) is 0 Å². The fourth-order valence-electron chi connectivity index (χ4n) is 0.705.